The Hall–Kier alpha value is -2.87. The van der Waals surface area contributed by atoms with Crippen molar-refractivity contribution in [2.24, 2.45) is 11.3 Å². The minimum atomic E-state index is -1.10. The van der Waals surface area contributed by atoms with E-state index in [0.717, 1.165) is 0 Å². The highest BCUT2D eigenvalue weighted by atomic mass is 32.1. The molecule has 0 bridgehead atoms. The molecule has 2 aliphatic rings. The average molecular weight is 410 g/mol. The van der Waals surface area contributed by atoms with Gasteiger partial charge in [-0.15, -0.1) is 11.3 Å². The lowest BCUT2D eigenvalue weighted by Gasteiger charge is -2.23. The molecule has 0 radical (unpaired) electrons. The molecule has 3 heterocycles. The molecule has 9 nitrogen and oxygen atoms in total. The first-order valence-corrected chi connectivity index (χ1v) is 10.1. The molecule has 0 aliphatic heterocycles. The largest absolute Gasteiger partial charge is 0.389 e. The fourth-order valence-corrected chi connectivity index (χ4v) is 5.01. The van der Waals surface area contributed by atoms with Crippen molar-refractivity contribution >= 4 is 34.1 Å². The number of hydrogen-bond donors (Lipinski definition) is 3. The van der Waals surface area contributed by atoms with E-state index in [9.17, 15) is 15.0 Å². The van der Waals surface area contributed by atoms with Crippen LogP contribution in [-0.2, 0) is 4.79 Å². The number of anilines is 1. The maximum Gasteiger partial charge on any atom is 0.209 e. The maximum atomic E-state index is 12.1. The number of carbonyl (C=O) groups is 1. The molecule has 0 aromatic carbocycles. The van der Waals surface area contributed by atoms with Crippen LogP contribution in [0.15, 0.2) is 17.9 Å². The Balaban J connectivity index is 1.61. The Morgan fingerprint density at radius 3 is 2.83 bits per heavy atom. The topological polar surface area (TPSA) is 126 Å². The summed E-state index contributed by atoms with van der Waals surface area (Å²) in [6.07, 6.45) is 1.63. The van der Waals surface area contributed by atoms with Crippen molar-refractivity contribution < 1.29 is 15.0 Å². The molecular weight excluding hydrogens is 392 g/mol. The van der Waals surface area contributed by atoms with E-state index in [1.54, 1.807) is 24.1 Å². The van der Waals surface area contributed by atoms with Crippen LogP contribution in [0.2, 0.25) is 0 Å². The highest BCUT2D eigenvalue weighted by Crippen LogP contribution is 2.68. The van der Waals surface area contributed by atoms with Crippen LogP contribution in [0.5, 0.6) is 0 Å². The van der Waals surface area contributed by atoms with Crippen molar-refractivity contribution in [3.63, 3.8) is 0 Å². The van der Waals surface area contributed by atoms with Gasteiger partial charge in [0.25, 0.3) is 0 Å². The van der Waals surface area contributed by atoms with Crippen molar-refractivity contribution in [1.29, 1.82) is 0 Å². The summed E-state index contributed by atoms with van der Waals surface area (Å²) in [6.45, 7) is 1.47. The number of aliphatic hydroxyl groups is 2. The van der Waals surface area contributed by atoms with Crippen LogP contribution in [0.3, 0.4) is 0 Å². The first-order valence-electron chi connectivity index (χ1n) is 9.18. The fraction of sp³-hybridized carbons (Fsp3) is 0.421. The Labute approximate surface area is 169 Å². The number of aliphatic hydroxyl groups excluding tert-OH is 2. The molecule has 0 amide bonds. The summed E-state index contributed by atoms with van der Waals surface area (Å²) in [5.74, 6) is 6.41. The van der Waals surface area contributed by atoms with E-state index in [0.29, 0.717) is 34.2 Å². The van der Waals surface area contributed by atoms with Gasteiger partial charge in [-0.2, -0.15) is 0 Å². The van der Waals surface area contributed by atoms with Crippen LogP contribution < -0.4 is 5.32 Å². The van der Waals surface area contributed by atoms with Gasteiger partial charge in [0.1, 0.15) is 11.9 Å². The van der Waals surface area contributed by atoms with Crippen LogP contribution in [0.4, 0.5) is 5.82 Å². The van der Waals surface area contributed by atoms with Gasteiger partial charge in [0.15, 0.2) is 22.0 Å². The number of nitrogens with zero attached hydrogens (tertiary/aromatic N) is 5. The standard InChI is InChI=1S/C19H18N6O3S/c1-9(26)19-7-10(19)14(15(27)16(19)28)25-8-22-13-17(20-2)23-11(24-18(13)25)3-4-12-21-5-6-29-12/h5-6,8,10,14-16,27-28H,7H2,1-2H3,(H,20,23,24)/t10?,14-,15+,16?,19+/m1/s1. The normalized spacial score (nSPS) is 29.9. The molecule has 148 valence electrons. The van der Waals surface area contributed by atoms with Gasteiger partial charge < -0.3 is 20.1 Å². The van der Waals surface area contributed by atoms with Crippen LogP contribution in [0.1, 0.15) is 30.2 Å². The molecule has 0 spiro atoms. The predicted molar refractivity (Wildman–Crippen MR) is 105 cm³/mol. The van der Waals surface area contributed by atoms with Gasteiger partial charge in [-0.1, -0.05) is 0 Å². The Kier molecular flexibility index (Phi) is 3.96. The maximum absolute atomic E-state index is 12.1. The third-order valence-electron chi connectivity index (χ3n) is 6.02. The SMILES string of the molecule is CNc1nc(C#Cc2nccs2)nc2c1ncn2[C@@H]1C2C[C@@]2(C(C)=O)C(O)[C@H]1O. The third-order valence-corrected chi connectivity index (χ3v) is 6.71. The smallest absolute Gasteiger partial charge is 0.209 e. The highest BCUT2D eigenvalue weighted by molar-refractivity contribution is 7.10. The molecule has 2 saturated carbocycles. The molecule has 2 fully saturated rings. The summed E-state index contributed by atoms with van der Waals surface area (Å²) in [5.41, 5.74) is 0.165. The number of rotatable bonds is 3. The molecule has 29 heavy (non-hydrogen) atoms. The minimum absolute atomic E-state index is 0.0958. The second kappa shape index (κ2) is 6.32. The number of fused-ring (bicyclic) bond motifs is 2. The zero-order chi connectivity index (χ0) is 20.3. The van der Waals surface area contributed by atoms with E-state index in [-0.39, 0.29) is 11.7 Å². The summed E-state index contributed by atoms with van der Waals surface area (Å²) in [6, 6.07) is -0.488. The first-order chi connectivity index (χ1) is 14.0. The molecule has 3 aromatic heterocycles. The number of ketones is 1. The second-order valence-corrected chi connectivity index (χ2v) is 8.28. The van der Waals surface area contributed by atoms with E-state index >= 15 is 0 Å². The third kappa shape index (κ3) is 2.51. The Bertz CT molecular complexity index is 1180. The van der Waals surface area contributed by atoms with Crippen molar-refractivity contribution in [2.75, 3.05) is 12.4 Å². The van der Waals surface area contributed by atoms with Crippen LogP contribution in [-0.4, -0.2) is 59.8 Å². The molecule has 5 rings (SSSR count). The van der Waals surface area contributed by atoms with E-state index in [2.05, 4.69) is 37.1 Å². The molecule has 2 unspecified atom stereocenters. The van der Waals surface area contributed by atoms with Gasteiger partial charge in [-0.25, -0.2) is 19.9 Å². The van der Waals surface area contributed by atoms with E-state index in [1.165, 1.54) is 18.3 Å². The van der Waals surface area contributed by atoms with Gasteiger partial charge >= 0.3 is 0 Å². The Morgan fingerprint density at radius 2 is 2.17 bits per heavy atom. The number of imidazole rings is 1. The monoisotopic (exact) mass is 410 g/mol. The summed E-state index contributed by atoms with van der Waals surface area (Å²) in [7, 11) is 1.73. The lowest BCUT2D eigenvalue weighted by atomic mass is 9.95. The summed E-state index contributed by atoms with van der Waals surface area (Å²) in [5, 5.41) is 26.7. The van der Waals surface area contributed by atoms with Crippen LogP contribution >= 0.6 is 11.3 Å². The first kappa shape index (κ1) is 18.2. The molecule has 2 aliphatic carbocycles. The zero-order valence-electron chi connectivity index (χ0n) is 15.7. The highest BCUT2D eigenvalue weighted by Gasteiger charge is 2.74. The number of carbonyl (C=O) groups excluding carboxylic acids is 1. The molecule has 10 heteroatoms. The van der Waals surface area contributed by atoms with Crippen molar-refractivity contribution in [2.45, 2.75) is 31.6 Å². The van der Waals surface area contributed by atoms with E-state index in [4.69, 9.17) is 0 Å². The molecule has 3 aromatic rings. The summed E-state index contributed by atoms with van der Waals surface area (Å²) < 4.78 is 1.74. The number of nitrogens with one attached hydrogen (secondary N) is 1. The zero-order valence-corrected chi connectivity index (χ0v) is 16.5. The number of Topliss-reactive ketones (excluding diaryl/α,β-unsaturated/α-hetero) is 1. The van der Waals surface area contributed by atoms with Gasteiger partial charge in [-0.05, 0) is 31.1 Å². The van der Waals surface area contributed by atoms with E-state index in [1.807, 2.05) is 5.38 Å². The predicted octanol–water partition coefficient (Wildman–Crippen LogP) is 0.596. The number of aromatic nitrogens is 5. The minimum Gasteiger partial charge on any atom is -0.389 e. The average Bonchev–Trinajstić information content (AvgIpc) is 3.00. The summed E-state index contributed by atoms with van der Waals surface area (Å²) in [4.78, 5) is 29.6. The van der Waals surface area contributed by atoms with Gasteiger partial charge in [0.05, 0.1) is 23.9 Å². The van der Waals surface area contributed by atoms with Gasteiger partial charge in [-0.3, -0.25) is 4.79 Å². The van der Waals surface area contributed by atoms with Gasteiger partial charge in [0, 0.05) is 18.6 Å². The Morgan fingerprint density at radius 1 is 1.34 bits per heavy atom. The lowest BCUT2D eigenvalue weighted by molar-refractivity contribution is -0.128. The second-order valence-electron chi connectivity index (χ2n) is 7.39. The van der Waals surface area contributed by atoms with Gasteiger partial charge in [0.2, 0.25) is 5.82 Å². The van der Waals surface area contributed by atoms with E-state index < -0.39 is 23.7 Å². The quantitative estimate of drug-likeness (QED) is 0.536. The number of hydrogen-bond acceptors (Lipinski definition) is 9. The van der Waals surface area contributed by atoms with Crippen molar-refractivity contribution in [1.82, 2.24) is 24.5 Å². The molecule has 3 N–H and O–H groups in total. The number of thiazole rings is 1. The van der Waals surface area contributed by atoms with Crippen molar-refractivity contribution in [3.8, 4) is 11.8 Å². The van der Waals surface area contributed by atoms with Crippen LogP contribution in [0.25, 0.3) is 11.2 Å². The molecule has 0 saturated heterocycles. The fourth-order valence-electron chi connectivity index (χ4n) is 4.53. The van der Waals surface area contributed by atoms with Crippen LogP contribution in [0, 0.1) is 23.2 Å². The molecular formula is C19H18N6O3S. The van der Waals surface area contributed by atoms with Crippen molar-refractivity contribution in [3.05, 3.63) is 28.7 Å². The lowest BCUT2D eigenvalue weighted by Crippen LogP contribution is -2.36. The molecule has 5 atom stereocenters. The summed E-state index contributed by atoms with van der Waals surface area (Å²) >= 11 is 1.42.